The van der Waals surface area contributed by atoms with Crippen LogP contribution in [0.1, 0.15) is 12.8 Å². The number of carbonyl (C=O) groups is 2. The van der Waals surface area contributed by atoms with Gasteiger partial charge in [0, 0.05) is 0 Å². The first-order valence-electron chi connectivity index (χ1n) is 6.07. The van der Waals surface area contributed by atoms with Crippen LogP contribution in [-0.4, -0.2) is 22.2 Å². The molecule has 0 aliphatic heterocycles. The Bertz CT molecular complexity index is 481. The van der Waals surface area contributed by atoms with Gasteiger partial charge in [-0.25, -0.2) is 0 Å². The number of carboxylic acids is 2. The Hall–Kier alpha value is -1.06. The number of rotatable bonds is 2. The van der Waals surface area contributed by atoms with E-state index in [4.69, 9.17) is 0 Å². The zero-order valence-corrected chi connectivity index (χ0v) is 8.59. The summed E-state index contributed by atoms with van der Waals surface area (Å²) in [5.41, 5.74) is -1.18. The molecular formula is C12H12O4. The van der Waals surface area contributed by atoms with E-state index in [2.05, 4.69) is 0 Å². The van der Waals surface area contributed by atoms with Gasteiger partial charge in [-0.15, -0.1) is 0 Å². The van der Waals surface area contributed by atoms with Crippen LogP contribution < -0.4 is 0 Å². The molecule has 8 unspecified atom stereocenters. The molecule has 6 fully saturated rings. The maximum Gasteiger partial charge on any atom is 0.310 e. The average Bonchev–Trinajstić information content (AvgIpc) is 2.14. The maximum absolute atomic E-state index is 11.5. The van der Waals surface area contributed by atoms with Gasteiger partial charge in [0.15, 0.2) is 0 Å². The average molecular weight is 220 g/mol. The minimum Gasteiger partial charge on any atom is -0.481 e. The Balaban J connectivity index is 1.73. The molecule has 6 saturated carbocycles. The molecule has 6 aliphatic rings. The maximum atomic E-state index is 11.5. The van der Waals surface area contributed by atoms with Crippen molar-refractivity contribution in [2.75, 3.05) is 0 Å². The van der Waals surface area contributed by atoms with Gasteiger partial charge in [0.05, 0.1) is 10.8 Å². The SMILES string of the molecule is O=C(O)C12C3CCC4C5C3C1C5(C(=O)O)C42. The fourth-order valence-electron chi connectivity index (χ4n) is 7.10. The fourth-order valence-corrected chi connectivity index (χ4v) is 7.10. The molecule has 2 N–H and O–H groups in total. The number of aliphatic carboxylic acids is 2. The zero-order chi connectivity index (χ0) is 11.0. The highest BCUT2D eigenvalue weighted by molar-refractivity contribution is 5.93. The van der Waals surface area contributed by atoms with E-state index in [-0.39, 0.29) is 11.8 Å². The first kappa shape index (κ1) is 8.09. The summed E-state index contributed by atoms with van der Waals surface area (Å²) in [5, 5.41) is 18.9. The van der Waals surface area contributed by atoms with Gasteiger partial charge < -0.3 is 10.2 Å². The molecule has 6 rings (SSSR count). The molecule has 0 amide bonds. The van der Waals surface area contributed by atoms with Crippen LogP contribution in [0.25, 0.3) is 0 Å². The summed E-state index contributed by atoms with van der Waals surface area (Å²) >= 11 is 0. The van der Waals surface area contributed by atoms with Gasteiger partial charge in [-0.3, -0.25) is 9.59 Å². The van der Waals surface area contributed by atoms with Gasteiger partial charge in [0.1, 0.15) is 0 Å². The molecule has 2 bridgehead atoms. The van der Waals surface area contributed by atoms with Crippen molar-refractivity contribution < 1.29 is 19.8 Å². The fraction of sp³-hybridized carbons (Fsp3) is 0.833. The van der Waals surface area contributed by atoms with Crippen LogP contribution in [0.2, 0.25) is 0 Å². The molecule has 0 spiro atoms. The lowest BCUT2D eigenvalue weighted by Gasteiger charge is -2.99. The molecule has 0 aromatic carbocycles. The summed E-state index contributed by atoms with van der Waals surface area (Å²) in [7, 11) is 0. The monoisotopic (exact) mass is 220 g/mol. The molecule has 4 nitrogen and oxygen atoms in total. The second-order valence-electron chi connectivity index (χ2n) is 6.38. The molecular weight excluding hydrogens is 208 g/mol. The molecule has 0 aromatic heterocycles. The van der Waals surface area contributed by atoms with Gasteiger partial charge in [-0.2, -0.15) is 0 Å². The third-order valence-electron chi connectivity index (χ3n) is 6.93. The van der Waals surface area contributed by atoms with E-state index in [0.29, 0.717) is 23.7 Å². The molecule has 0 heterocycles. The van der Waals surface area contributed by atoms with E-state index in [1.807, 2.05) is 0 Å². The van der Waals surface area contributed by atoms with Crippen LogP contribution in [0.5, 0.6) is 0 Å². The number of hydrogen-bond donors (Lipinski definition) is 2. The summed E-state index contributed by atoms with van der Waals surface area (Å²) in [5.74, 6) is 0.0975. The molecule has 0 radical (unpaired) electrons. The first-order valence-corrected chi connectivity index (χ1v) is 6.07. The largest absolute Gasteiger partial charge is 0.481 e. The van der Waals surface area contributed by atoms with Crippen LogP contribution in [0.4, 0.5) is 0 Å². The van der Waals surface area contributed by atoms with E-state index in [9.17, 15) is 19.8 Å². The van der Waals surface area contributed by atoms with Gasteiger partial charge in [0.2, 0.25) is 0 Å². The molecule has 0 aromatic rings. The Kier molecular flexibility index (Phi) is 0.865. The number of fused-ring (bicyclic) bond motifs is 1. The van der Waals surface area contributed by atoms with Crippen molar-refractivity contribution >= 4 is 11.9 Å². The van der Waals surface area contributed by atoms with Crippen molar-refractivity contribution in [2.45, 2.75) is 12.8 Å². The van der Waals surface area contributed by atoms with Gasteiger partial charge >= 0.3 is 11.9 Å². The summed E-state index contributed by atoms with van der Waals surface area (Å²) in [6.07, 6.45) is 2.11. The van der Waals surface area contributed by atoms with Crippen LogP contribution in [0.3, 0.4) is 0 Å². The van der Waals surface area contributed by atoms with Crippen molar-refractivity contribution in [3.63, 3.8) is 0 Å². The van der Waals surface area contributed by atoms with Crippen molar-refractivity contribution in [2.24, 2.45) is 46.3 Å². The van der Waals surface area contributed by atoms with Gasteiger partial charge in [-0.05, 0) is 48.3 Å². The smallest absolute Gasteiger partial charge is 0.310 e. The third-order valence-corrected chi connectivity index (χ3v) is 6.93. The van der Waals surface area contributed by atoms with E-state index < -0.39 is 22.8 Å². The predicted octanol–water partition coefficient (Wildman–Crippen LogP) is 0.674. The second-order valence-corrected chi connectivity index (χ2v) is 6.38. The number of hydrogen-bond acceptors (Lipinski definition) is 2. The molecule has 8 atom stereocenters. The minimum atomic E-state index is -0.711. The molecule has 84 valence electrons. The Morgan fingerprint density at radius 3 is 2.25 bits per heavy atom. The standard InChI is InChI=1S/C12H12O4/c13-9(14)11-4-2-1-3-6-5(4)8(11)12(6,7(3)11)10(15)16/h3-8H,1-2H2,(H,13,14)(H,15,16). The van der Waals surface area contributed by atoms with E-state index in [1.165, 1.54) is 0 Å². The summed E-state index contributed by atoms with van der Waals surface area (Å²) in [6.45, 7) is 0. The summed E-state index contributed by atoms with van der Waals surface area (Å²) in [4.78, 5) is 22.9. The topological polar surface area (TPSA) is 74.6 Å². The van der Waals surface area contributed by atoms with Gasteiger partial charge in [-0.1, -0.05) is 0 Å². The molecule has 0 saturated heterocycles. The Morgan fingerprint density at radius 2 is 1.69 bits per heavy atom. The summed E-state index contributed by atoms with van der Waals surface area (Å²) < 4.78 is 0. The van der Waals surface area contributed by atoms with Crippen LogP contribution >= 0.6 is 0 Å². The van der Waals surface area contributed by atoms with Gasteiger partial charge in [0.25, 0.3) is 0 Å². The molecule has 6 aliphatic carbocycles. The quantitative estimate of drug-likeness (QED) is 0.717. The normalized spacial score (nSPS) is 70.2. The van der Waals surface area contributed by atoms with Crippen molar-refractivity contribution in [3.8, 4) is 0 Å². The predicted molar refractivity (Wildman–Crippen MR) is 50.3 cm³/mol. The highest BCUT2D eigenvalue weighted by Gasteiger charge is 3.05. The van der Waals surface area contributed by atoms with Crippen LogP contribution in [0, 0.1) is 46.3 Å². The Labute approximate surface area is 91.6 Å². The molecule has 16 heavy (non-hydrogen) atoms. The third kappa shape index (κ3) is 0.356. The van der Waals surface area contributed by atoms with Crippen molar-refractivity contribution in [1.82, 2.24) is 0 Å². The summed E-state index contributed by atoms with van der Waals surface area (Å²) in [6, 6.07) is 0. The highest BCUT2D eigenvalue weighted by Crippen LogP contribution is 3.01. The van der Waals surface area contributed by atoms with Crippen LogP contribution in [0.15, 0.2) is 0 Å². The lowest BCUT2D eigenvalue weighted by Crippen LogP contribution is -3.02. The second kappa shape index (κ2) is 1.71. The minimum absolute atomic E-state index is 0.00782. The van der Waals surface area contributed by atoms with E-state index in [1.54, 1.807) is 0 Å². The van der Waals surface area contributed by atoms with Crippen molar-refractivity contribution in [1.29, 1.82) is 0 Å². The van der Waals surface area contributed by atoms with E-state index >= 15 is 0 Å². The lowest BCUT2D eigenvalue weighted by atomic mass is 9.01. The number of carboxylic acid groups (broad SMARTS) is 2. The lowest BCUT2D eigenvalue weighted by molar-refractivity contribution is -0.532. The van der Waals surface area contributed by atoms with E-state index in [0.717, 1.165) is 12.8 Å². The first-order chi connectivity index (χ1) is 7.60. The Morgan fingerprint density at radius 1 is 1.00 bits per heavy atom. The highest BCUT2D eigenvalue weighted by atomic mass is 16.4. The van der Waals surface area contributed by atoms with Crippen molar-refractivity contribution in [3.05, 3.63) is 0 Å². The molecule has 4 heteroatoms. The zero-order valence-electron chi connectivity index (χ0n) is 8.59. The van der Waals surface area contributed by atoms with Crippen LogP contribution in [-0.2, 0) is 9.59 Å².